The van der Waals surface area contributed by atoms with Gasteiger partial charge in [0, 0.05) is 18.0 Å². The molecule has 2 heterocycles. The van der Waals surface area contributed by atoms with Crippen molar-refractivity contribution in [1.82, 2.24) is 10.5 Å². The highest BCUT2D eigenvalue weighted by atomic mass is 16.5. The fourth-order valence-corrected chi connectivity index (χ4v) is 3.41. The van der Waals surface area contributed by atoms with E-state index in [0.29, 0.717) is 12.4 Å². The summed E-state index contributed by atoms with van der Waals surface area (Å²) >= 11 is 0. The predicted molar refractivity (Wildman–Crippen MR) is 81.2 cm³/mol. The van der Waals surface area contributed by atoms with E-state index in [4.69, 9.17) is 4.52 Å². The maximum Gasteiger partial charge on any atom is 0.239 e. The Morgan fingerprint density at radius 3 is 2.77 bits per heavy atom. The Hall–Kier alpha value is -1.85. The van der Waals surface area contributed by atoms with Crippen LogP contribution in [-0.4, -0.2) is 23.5 Å². The van der Waals surface area contributed by atoms with Crippen LogP contribution in [0.3, 0.4) is 0 Å². The van der Waals surface area contributed by atoms with Crippen molar-refractivity contribution in [1.29, 1.82) is 0 Å². The first-order valence-electron chi connectivity index (χ1n) is 7.94. The number of aryl methyl sites for hydroxylation is 1. The number of hydrogen-bond donors (Lipinski definition) is 2. The zero-order valence-corrected chi connectivity index (χ0v) is 13.4. The fourth-order valence-electron chi connectivity index (χ4n) is 3.41. The maximum atomic E-state index is 12.6. The topological polar surface area (TPSA) is 84.2 Å². The van der Waals surface area contributed by atoms with Crippen LogP contribution in [0.4, 0.5) is 5.88 Å². The molecule has 0 radical (unpaired) electrons. The van der Waals surface area contributed by atoms with Crippen LogP contribution in [-0.2, 0) is 22.4 Å². The predicted octanol–water partition coefficient (Wildman–Crippen LogP) is 1.90. The minimum atomic E-state index is -0.677. The van der Waals surface area contributed by atoms with E-state index in [2.05, 4.69) is 36.6 Å². The van der Waals surface area contributed by atoms with Gasteiger partial charge in [-0.2, -0.15) is 0 Å². The lowest BCUT2D eigenvalue weighted by Crippen LogP contribution is -2.37. The van der Waals surface area contributed by atoms with E-state index in [0.717, 1.165) is 36.9 Å². The summed E-state index contributed by atoms with van der Waals surface area (Å²) in [6.45, 7) is 6.69. The second-order valence-corrected chi connectivity index (χ2v) is 7.33. The zero-order valence-electron chi connectivity index (χ0n) is 13.4. The van der Waals surface area contributed by atoms with Crippen molar-refractivity contribution in [2.24, 2.45) is 17.3 Å². The molecule has 3 rings (SSSR count). The first-order valence-corrected chi connectivity index (χ1v) is 7.94. The Morgan fingerprint density at radius 1 is 1.32 bits per heavy atom. The molecule has 22 heavy (non-hydrogen) atoms. The Kier molecular flexibility index (Phi) is 3.70. The van der Waals surface area contributed by atoms with Crippen molar-refractivity contribution in [2.75, 3.05) is 11.9 Å². The molecular weight excluding hydrogens is 282 g/mol. The summed E-state index contributed by atoms with van der Waals surface area (Å²) in [5, 5.41) is 9.63. The average molecular weight is 305 g/mol. The summed E-state index contributed by atoms with van der Waals surface area (Å²) in [7, 11) is 0. The molecule has 6 heteroatoms. The van der Waals surface area contributed by atoms with Gasteiger partial charge in [0.15, 0.2) is 0 Å². The molecule has 120 valence electrons. The Morgan fingerprint density at radius 2 is 2.05 bits per heavy atom. The van der Waals surface area contributed by atoms with Crippen molar-refractivity contribution < 1.29 is 14.1 Å². The second kappa shape index (κ2) is 5.41. The molecule has 0 saturated carbocycles. The summed E-state index contributed by atoms with van der Waals surface area (Å²) in [6, 6.07) is 0. The molecule has 1 aromatic heterocycles. The number of nitrogens with one attached hydrogen (secondary N) is 2. The van der Waals surface area contributed by atoms with Gasteiger partial charge in [-0.3, -0.25) is 14.9 Å². The number of hydrogen-bond acceptors (Lipinski definition) is 4. The first kappa shape index (κ1) is 15.1. The lowest BCUT2D eigenvalue weighted by atomic mass is 9.74. The molecular formula is C16H23N3O3. The molecule has 6 nitrogen and oxygen atoms in total. The van der Waals surface area contributed by atoms with E-state index in [1.807, 2.05) is 0 Å². The van der Waals surface area contributed by atoms with Gasteiger partial charge in [0.2, 0.25) is 17.7 Å². The third-order valence-corrected chi connectivity index (χ3v) is 4.77. The number of nitrogens with zero attached hydrogens (tertiary/aromatic N) is 1. The highest BCUT2D eigenvalue weighted by molar-refractivity contribution is 6.07. The van der Waals surface area contributed by atoms with Crippen molar-refractivity contribution in [3.63, 3.8) is 0 Å². The molecule has 1 aliphatic carbocycles. The van der Waals surface area contributed by atoms with Crippen LogP contribution >= 0.6 is 0 Å². The van der Waals surface area contributed by atoms with E-state index in [1.54, 1.807) is 0 Å². The molecule has 0 unspecified atom stereocenters. The van der Waals surface area contributed by atoms with Crippen LogP contribution in [0.2, 0.25) is 0 Å². The van der Waals surface area contributed by atoms with Gasteiger partial charge >= 0.3 is 0 Å². The Labute approximate surface area is 130 Å². The van der Waals surface area contributed by atoms with E-state index >= 15 is 0 Å². The summed E-state index contributed by atoms with van der Waals surface area (Å²) in [6.07, 6.45) is 3.94. The lowest BCUT2D eigenvalue weighted by molar-refractivity contribution is -0.132. The smallest absolute Gasteiger partial charge is 0.239 e. The molecule has 2 aliphatic rings. The van der Waals surface area contributed by atoms with E-state index in [-0.39, 0.29) is 23.1 Å². The van der Waals surface area contributed by atoms with Crippen molar-refractivity contribution >= 4 is 17.7 Å². The molecule has 0 bridgehead atoms. The summed E-state index contributed by atoms with van der Waals surface area (Å²) in [5.41, 5.74) is 1.80. The average Bonchev–Trinajstić information content (AvgIpc) is 3.03. The van der Waals surface area contributed by atoms with Crippen molar-refractivity contribution in [3.8, 4) is 0 Å². The number of aromatic nitrogens is 1. The first-order chi connectivity index (χ1) is 10.4. The molecule has 0 spiro atoms. The Bertz CT molecular complexity index is 600. The van der Waals surface area contributed by atoms with E-state index < -0.39 is 5.92 Å². The molecule has 2 atom stereocenters. The van der Waals surface area contributed by atoms with Gasteiger partial charge < -0.3 is 9.84 Å². The van der Waals surface area contributed by atoms with E-state index in [9.17, 15) is 9.59 Å². The molecule has 0 aromatic carbocycles. The normalized spacial score (nSPS) is 24.8. The number of fused-ring (bicyclic) bond motifs is 1. The molecule has 1 fully saturated rings. The number of carbonyl (C=O) groups excluding carboxylic acids is 2. The largest absolute Gasteiger partial charge is 0.355 e. The molecule has 1 aliphatic heterocycles. The minimum absolute atomic E-state index is 0.0289. The van der Waals surface area contributed by atoms with Crippen LogP contribution in [0.1, 0.15) is 44.9 Å². The Balaban J connectivity index is 1.79. The van der Waals surface area contributed by atoms with Gasteiger partial charge in [0.1, 0.15) is 5.92 Å². The van der Waals surface area contributed by atoms with E-state index in [1.165, 1.54) is 0 Å². The number of anilines is 1. The van der Waals surface area contributed by atoms with Crippen LogP contribution < -0.4 is 10.6 Å². The van der Waals surface area contributed by atoms with Crippen LogP contribution in [0.25, 0.3) is 0 Å². The highest BCUT2D eigenvalue weighted by Gasteiger charge is 2.46. The van der Waals surface area contributed by atoms with Gasteiger partial charge in [-0.15, -0.1) is 0 Å². The molecule has 1 aromatic rings. The third kappa shape index (κ3) is 2.62. The van der Waals surface area contributed by atoms with Crippen molar-refractivity contribution in [2.45, 2.75) is 46.5 Å². The number of amides is 2. The quantitative estimate of drug-likeness (QED) is 0.817. The molecule has 1 saturated heterocycles. The van der Waals surface area contributed by atoms with Crippen LogP contribution in [0, 0.1) is 17.3 Å². The SMILES string of the molecule is CC(C)(C)[C@@H]1CNC(=O)[C@@H]1C(=O)Nc1onc2c1CCCC2. The van der Waals surface area contributed by atoms with Crippen LogP contribution in [0.5, 0.6) is 0 Å². The van der Waals surface area contributed by atoms with Gasteiger partial charge in [-0.25, -0.2) is 0 Å². The minimum Gasteiger partial charge on any atom is -0.355 e. The lowest BCUT2D eigenvalue weighted by Gasteiger charge is -2.29. The monoisotopic (exact) mass is 305 g/mol. The second-order valence-electron chi connectivity index (χ2n) is 7.33. The van der Waals surface area contributed by atoms with Gasteiger partial charge in [-0.1, -0.05) is 25.9 Å². The molecule has 2 N–H and O–H groups in total. The van der Waals surface area contributed by atoms with Gasteiger partial charge in [0.25, 0.3) is 0 Å². The summed E-state index contributed by atoms with van der Waals surface area (Å²) < 4.78 is 5.29. The van der Waals surface area contributed by atoms with Crippen molar-refractivity contribution in [3.05, 3.63) is 11.3 Å². The highest BCUT2D eigenvalue weighted by Crippen LogP contribution is 2.36. The van der Waals surface area contributed by atoms with Gasteiger partial charge in [0.05, 0.1) is 5.69 Å². The zero-order chi connectivity index (χ0) is 15.9. The molecule has 2 amide bonds. The maximum absolute atomic E-state index is 12.6. The number of carbonyl (C=O) groups is 2. The third-order valence-electron chi connectivity index (χ3n) is 4.77. The standard InChI is InChI=1S/C16H23N3O3/c1-16(2,3)10-8-17-13(20)12(10)14(21)18-15-9-6-4-5-7-11(9)19-22-15/h10,12H,4-8H2,1-3H3,(H,17,20)(H,18,21)/t10-,12-/m1/s1. The summed E-state index contributed by atoms with van der Waals surface area (Å²) in [4.78, 5) is 24.7. The fraction of sp³-hybridized carbons (Fsp3) is 0.688. The van der Waals surface area contributed by atoms with Gasteiger partial charge in [-0.05, 0) is 31.1 Å². The van der Waals surface area contributed by atoms with Crippen LogP contribution in [0.15, 0.2) is 4.52 Å². The summed E-state index contributed by atoms with van der Waals surface area (Å²) in [5.74, 6) is -0.777. The number of rotatable bonds is 2.